The minimum absolute atomic E-state index is 0.286. The highest BCUT2D eigenvalue weighted by atomic mass is 16.3. The Bertz CT molecular complexity index is 2110. The molecular formula is C36H24N4O. The molecule has 194 valence electrons. The largest absolute Gasteiger partial charge is 0.440 e. The molecular weight excluding hydrogens is 504 g/mol. The Kier molecular flexibility index (Phi) is 4.66. The van der Waals surface area contributed by atoms with E-state index in [2.05, 4.69) is 108 Å². The molecule has 1 aromatic heterocycles. The third-order valence-electron chi connectivity index (χ3n) is 8.32. The number of amidine groups is 2. The van der Waals surface area contributed by atoms with E-state index in [-0.39, 0.29) is 6.17 Å². The summed E-state index contributed by atoms with van der Waals surface area (Å²) in [5, 5.41) is 10.5. The van der Waals surface area contributed by atoms with E-state index in [1.807, 2.05) is 18.2 Å². The SMILES string of the molecule is C1=Cc2c(oc3cccc(C4=NC(c5ccc6c7c(cccc57)-c5ccccc5-6)=NC(c5ccccc5)N4)c23)NC1. The number of aliphatic imine (C=N–C) groups is 2. The van der Waals surface area contributed by atoms with Crippen molar-refractivity contribution >= 4 is 45.4 Å². The minimum Gasteiger partial charge on any atom is -0.440 e. The Balaban J connectivity index is 1.28. The van der Waals surface area contributed by atoms with E-state index in [4.69, 9.17) is 14.4 Å². The van der Waals surface area contributed by atoms with Crippen molar-refractivity contribution in [2.75, 3.05) is 11.9 Å². The van der Waals surface area contributed by atoms with Gasteiger partial charge in [0.05, 0.1) is 0 Å². The number of anilines is 1. The van der Waals surface area contributed by atoms with E-state index < -0.39 is 0 Å². The van der Waals surface area contributed by atoms with Crippen LogP contribution in [0.5, 0.6) is 0 Å². The molecule has 0 spiro atoms. The van der Waals surface area contributed by atoms with Crippen LogP contribution < -0.4 is 10.6 Å². The molecule has 1 aliphatic carbocycles. The number of benzene rings is 5. The van der Waals surface area contributed by atoms with Crippen molar-refractivity contribution in [2.24, 2.45) is 9.98 Å². The van der Waals surface area contributed by atoms with Gasteiger partial charge in [-0.3, -0.25) is 0 Å². The number of nitrogens with one attached hydrogen (secondary N) is 2. The fraction of sp³-hybridized carbons (Fsp3) is 0.0556. The predicted octanol–water partition coefficient (Wildman–Crippen LogP) is 8.17. The highest BCUT2D eigenvalue weighted by Crippen LogP contribution is 2.48. The Morgan fingerprint density at radius 1 is 0.659 bits per heavy atom. The van der Waals surface area contributed by atoms with E-state index in [0.29, 0.717) is 0 Å². The number of furan rings is 1. The Hall–Kier alpha value is -5.42. The Morgan fingerprint density at radius 3 is 2.27 bits per heavy atom. The quantitative estimate of drug-likeness (QED) is 0.243. The number of hydrogen-bond donors (Lipinski definition) is 2. The zero-order valence-corrected chi connectivity index (χ0v) is 22.1. The molecule has 1 unspecified atom stereocenters. The second kappa shape index (κ2) is 8.54. The maximum atomic E-state index is 6.19. The van der Waals surface area contributed by atoms with Gasteiger partial charge in [-0.15, -0.1) is 0 Å². The predicted molar refractivity (Wildman–Crippen MR) is 168 cm³/mol. The molecule has 0 saturated heterocycles. The monoisotopic (exact) mass is 528 g/mol. The van der Waals surface area contributed by atoms with Crippen molar-refractivity contribution in [1.82, 2.24) is 5.32 Å². The van der Waals surface area contributed by atoms with Crippen LogP contribution >= 0.6 is 0 Å². The lowest BCUT2D eigenvalue weighted by Crippen LogP contribution is -2.33. The number of nitrogens with zero attached hydrogens (tertiary/aromatic N) is 2. The third-order valence-corrected chi connectivity index (χ3v) is 8.32. The maximum absolute atomic E-state index is 6.19. The zero-order chi connectivity index (χ0) is 26.9. The number of fused-ring (bicyclic) bond motifs is 6. The van der Waals surface area contributed by atoms with Gasteiger partial charge in [-0.05, 0) is 50.7 Å². The van der Waals surface area contributed by atoms with Gasteiger partial charge in [0.1, 0.15) is 17.6 Å². The molecule has 41 heavy (non-hydrogen) atoms. The van der Waals surface area contributed by atoms with Crippen molar-refractivity contribution in [3.8, 4) is 22.3 Å². The topological polar surface area (TPSA) is 61.9 Å². The van der Waals surface area contributed by atoms with Crippen LogP contribution in [0, 0.1) is 0 Å². The standard InChI is InChI=1S/C36H24N4O/c1-2-9-21(10-3-1)33-38-34(27-19-18-26-23-12-5-4-11-22(23)24-13-6-14-25(27)31(24)26)40-35(39-33)28-15-7-17-30-32(28)29-16-8-20-37-36(29)41-30/h1-19,33,37H,20H2,(H,38,39,40). The van der Waals surface area contributed by atoms with Gasteiger partial charge in [0.25, 0.3) is 0 Å². The minimum atomic E-state index is -0.286. The summed E-state index contributed by atoms with van der Waals surface area (Å²) in [7, 11) is 0. The van der Waals surface area contributed by atoms with Crippen molar-refractivity contribution in [3.05, 3.63) is 131 Å². The maximum Gasteiger partial charge on any atom is 0.201 e. The van der Waals surface area contributed by atoms with Gasteiger partial charge in [0, 0.05) is 28.6 Å². The molecule has 0 amide bonds. The molecule has 5 heteroatoms. The fourth-order valence-electron chi connectivity index (χ4n) is 6.50. The van der Waals surface area contributed by atoms with Gasteiger partial charge in [-0.25, -0.2) is 9.98 Å². The number of rotatable bonds is 3. The van der Waals surface area contributed by atoms with E-state index in [1.54, 1.807) is 0 Å². The second-order valence-electron chi connectivity index (χ2n) is 10.6. The lowest BCUT2D eigenvalue weighted by atomic mass is 9.97. The first-order valence-electron chi connectivity index (χ1n) is 13.9. The summed E-state index contributed by atoms with van der Waals surface area (Å²) in [6, 6.07) is 36.1. The molecule has 3 heterocycles. The highest BCUT2D eigenvalue weighted by Gasteiger charge is 2.28. The molecule has 2 aliphatic heterocycles. The van der Waals surface area contributed by atoms with Crippen molar-refractivity contribution < 1.29 is 4.42 Å². The van der Waals surface area contributed by atoms with Crippen molar-refractivity contribution in [3.63, 3.8) is 0 Å². The average molecular weight is 529 g/mol. The van der Waals surface area contributed by atoms with Crippen LogP contribution in [0.1, 0.15) is 28.4 Å². The number of hydrogen-bond acceptors (Lipinski definition) is 5. The van der Waals surface area contributed by atoms with E-state index in [9.17, 15) is 0 Å². The first-order chi connectivity index (χ1) is 20.3. The molecule has 0 bridgehead atoms. The van der Waals surface area contributed by atoms with Crippen LogP contribution in [0.25, 0.3) is 50.1 Å². The van der Waals surface area contributed by atoms with Crippen LogP contribution in [0.2, 0.25) is 0 Å². The molecule has 0 saturated carbocycles. The van der Waals surface area contributed by atoms with Gasteiger partial charge >= 0.3 is 0 Å². The van der Waals surface area contributed by atoms with Gasteiger partial charge in [0.2, 0.25) is 5.88 Å². The van der Waals surface area contributed by atoms with Gasteiger partial charge in [-0.2, -0.15) is 0 Å². The molecule has 3 aliphatic rings. The van der Waals surface area contributed by atoms with Gasteiger partial charge in [-0.1, -0.05) is 103 Å². The summed E-state index contributed by atoms with van der Waals surface area (Å²) >= 11 is 0. The van der Waals surface area contributed by atoms with E-state index in [1.165, 1.54) is 27.6 Å². The molecule has 5 aromatic carbocycles. The van der Waals surface area contributed by atoms with Gasteiger partial charge in [0.15, 0.2) is 5.84 Å². The van der Waals surface area contributed by atoms with Crippen LogP contribution in [-0.4, -0.2) is 18.2 Å². The Morgan fingerprint density at radius 2 is 1.39 bits per heavy atom. The molecule has 2 N–H and O–H groups in total. The zero-order valence-electron chi connectivity index (χ0n) is 22.1. The average Bonchev–Trinajstić information content (AvgIpc) is 3.59. The molecule has 5 nitrogen and oxygen atoms in total. The summed E-state index contributed by atoms with van der Waals surface area (Å²) in [6.07, 6.45) is 3.97. The van der Waals surface area contributed by atoms with Gasteiger partial charge < -0.3 is 15.1 Å². The Labute approximate surface area is 236 Å². The van der Waals surface area contributed by atoms with Crippen molar-refractivity contribution in [1.29, 1.82) is 0 Å². The molecule has 0 fully saturated rings. The molecule has 6 aromatic rings. The van der Waals surface area contributed by atoms with Crippen LogP contribution in [0.15, 0.2) is 124 Å². The summed E-state index contributed by atoms with van der Waals surface area (Å²) < 4.78 is 6.19. The molecule has 1 atom stereocenters. The smallest absolute Gasteiger partial charge is 0.201 e. The van der Waals surface area contributed by atoms with E-state index in [0.717, 1.165) is 62.7 Å². The fourth-order valence-corrected chi connectivity index (χ4v) is 6.50. The summed E-state index contributed by atoms with van der Waals surface area (Å²) in [4.78, 5) is 10.4. The second-order valence-corrected chi connectivity index (χ2v) is 10.6. The van der Waals surface area contributed by atoms with E-state index >= 15 is 0 Å². The lowest BCUT2D eigenvalue weighted by Gasteiger charge is -2.24. The van der Waals surface area contributed by atoms with Crippen molar-refractivity contribution in [2.45, 2.75) is 6.17 Å². The van der Waals surface area contributed by atoms with Crippen LogP contribution in [0.4, 0.5) is 5.88 Å². The first-order valence-corrected chi connectivity index (χ1v) is 13.9. The van der Waals surface area contributed by atoms with Crippen LogP contribution in [-0.2, 0) is 0 Å². The molecule has 9 rings (SSSR count). The highest BCUT2D eigenvalue weighted by molar-refractivity contribution is 6.25. The summed E-state index contributed by atoms with van der Waals surface area (Å²) in [6.45, 7) is 0.753. The normalized spacial score (nSPS) is 16.5. The summed E-state index contributed by atoms with van der Waals surface area (Å²) in [5.74, 6) is 2.30. The molecule has 0 radical (unpaired) electrons. The van der Waals surface area contributed by atoms with Crippen LogP contribution in [0.3, 0.4) is 0 Å². The third kappa shape index (κ3) is 3.29. The lowest BCUT2D eigenvalue weighted by molar-refractivity contribution is 0.628. The summed E-state index contributed by atoms with van der Waals surface area (Å²) in [5.41, 5.74) is 10.1. The first kappa shape index (κ1) is 22.4.